The molecule has 0 radical (unpaired) electrons. The van der Waals surface area contributed by atoms with E-state index in [-0.39, 0.29) is 17.0 Å². The van der Waals surface area contributed by atoms with Gasteiger partial charge in [0.1, 0.15) is 0 Å². The molecule has 1 N–H and O–H groups in total. The molecular weight excluding hydrogens is 301 g/mol. The molecule has 0 aliphatic carbocycles. The van der Waals surface area contributed by atoms with Gasteiger partial charge >= 0.3 is 7.12 Å². The SMILES string of the molecule is CNS(=O)(=O)CCc1cccc(B2OC(C)(C)C(C)(C)O2)c1. The summed E-state index contributed by atoms with van der Waals surface area (Å²) in [5.74, 6) is 0.0658. The van der Waals surface area contributed by atoms with Crippen LogP contribution in [0.25, 0.3) is 0 Å². The average molecular weight is 325 g/mol. The quantitative estimate of drug-likeness (QED) is 0.823. The van der Waals surface area contributed by atoms with Crippen molar-refractivity contribution in [3.05, 3.63) is 29.8 Å². The van der Waals surface area contributed by atoms with Crippen LogP contribution in [-0.4, -0.2) is 39.5 Å². The Kier molecular flexibility index (Phi) is 4.73. The first-order valence-electron chi connectivity index (χ1n) is 7.42. The first-order valence-corrected chi connectivity index (χ1v) is 9.07. The van der Waals surface area contributed by atoms with Crippen LogP contribution in [0.4, 0.5) is 0 Å². The Hall–Kier alpha value is -0.885. The number of nitrogens with one attached hydrogen (secondary N) is 1. The van der Waals surface area contributed by atoms with Crippen molar-refractivity contribution >= 4 is 22.6 Å². The van der Waals surface area contributed by atoms with Crippen LogP contribution in [0.5, 0.6) is 0 Å². The third-order valence-electron chi connectivity index (χ3n) is 4.45. The fourth-order valence-electron chi connectivity index (χ4n) is 2.23. The van der Waals surface area contributed by atoms with Crippen LogP contribution in [0.15, 0.2) is 24.3 Å². The van der Waals surface area contributed by atoms with Crippen molar-refractivity contribution in [3.63, 3.8) is 0 Å². The van der Waals surface area contributed by atoms with Gasteiger partial charge in [0.05, 0.1) is 17.0 Å². The van der Waals surface area contributed by atoms with E-state index in [1.807, 2.05) is 52.0 Å². The maximum Gasteiger partial charge on any atom is 0.494 e. The Bertz CT molecular complexity index is 627. The normalized spacial score (nSPS) is 20.3. The highest BCUT2D eigenvalue weighted by molar-refractivity contribution is 7.89. The lowest BCUT2D eigenvalue weighted by Crippen LogP contribution is -2.41. The molecule has 0 bridgehead atoms. The second-order valence-electron chi connectivity index (χ2n) is 6.61. The minimum absolute atomic E-state index is 0.0658. The van der Waals surface area contributed by atoms with Crippen molar-refractivity contribution in [2.24, 2.45) is 0 Å². The summed E-state index contributed by atoms with van der Waals surface area (Å²) in [5.41, 5.74) is 1.09. The van der Waals surface area contributed by atoms with Crippen molar-refractivity contribution in [1.29, 1.82) is 0 Å². The van der Waals surface area contributed by atoms with E-state index in [0.717, 1.165) is 11.0 Å². The Morgan fingerprint density at radius 3 is 2.27 bits per heavy atom. The van der Waals surface area contributed by atoms with Crippen molar-refractivity contribution in [2.45, 2.75) is 45.3 Å². The van der Waals surface area contributed by atoms with E-state index in [2.05, 4.69) is 4.72 Å². The maximum atomic E-state index is 11.5. The fraction of sp³-hybridized carbons (Fsp3) is 0.600. The van der Waals surface area contributed by atoms with Gasteiger partial charge in [-0.3, -0.25) is 0 Å². The molecule has 1 fully saturated rings. The predicted molar refractivity (Wildman–Crippen MR) is 88.7 cm³/mol. The second-order valence-corrected chi connectivity index (χ2v) is 8.65. The van der Waals surface area contributed by atoms with Crippen LogP contribution in [0.2, 0.25) is 0 Å². The summed E-state index contributed by atoms with van der Waals surface area (Å²) in [6.45, 7) is 8.04. The van der Waals surface area contributed by atoms with E-state index in [4.69, 9.17) is 9.31 Å². The highest BCUT2D eigenvalue weighted by Crippen LogP contribution is 2.36. The molecule has 0 saturated carbocycles. The number of hydrogen-bond acceptors (Lipinski definition) is 4. The lowest BCUT2D eigenvalue weighted by Gasteiger charge is -2.32. The largest absolute Gasteiger partial charge is 0.494 e. The van der Waals surface area contributed by atoms with Gasteiger partial charge in [-0.2, -0.15) is 0 Å². The minimum Gasteiger partial charge on any atom is -0.399 e. The summed E-state index contributed by atoms with van der Waals surface area (Å²) in [4.78, 5) is 0. The zero-order chi connectivity index (χ0) is 16.6. The fourth-order valence-corrected chi connectivity index (χ4v) is 2.94. The van der Waals surface area contributed by atoms with E-state index in [9.17, 15) is 8.42 Å². The monoisotopic (exact) mass is 325 g/mol. The van der Waals surface area contributed by atoms with Crippen molar-refractivity contribution in [1.82, 2.24) is 4.72 Å². The number of sulfonamides is 1. The first-order chi connectivity index (χ1) is 10.1. The summed E-state index contributed by atoms with van der Waals surface area (Å²) in [5, 5.41) is 0. The lowest BCUT2D eigenvalue weighted by molar-refractivity contribution is 0.00578. The number of aryl methyl sites for hydroxylation is 1. The lowest BCUT2D eigenvalue weighted by atomic mass is 9.78. The van der Waals surface area contributed by atoms with Crippen molar-refractivity contribution in [2.75, 3.05) is 12.8 Å². The summed E-state index contributed by atoms with van der Waals surface area (Å²) >= 11 is 0. The van der Waals surface area contributed by atoms with Gasteiger partial charge in [-0.1, -0.05) is 24.3 Å². The predicted octanol–water partition coefficient (Wildman–Crippen LogP) is 1.08. The molecule has 0 amide bonds. The molecule has 1 heterocycles. The van der Waals surface area contributed by atoms with Crippen molar-refractivity contribution in [3.8, 4) is 0 Å². The summed E-state index contributed by atoms with van der Waals surface area (Å²) in [6.07, 6.45) is 0.455. The maximum absolute atomic E-state index is 11.5. The first kappa shape index (κ1) is 17.5. The molecule has 1 saturated heterocycles. The van der Waals surface area contributed by atoms with E-state index in [0.29, 0.717) is 6.42 Å². The molecule has 1 aromatic carbocycles. The number of benzene rings is 1. The molecule has 0 aromatic heterocycles. The van der Waals surface area contributed by atoms with Gasteiger partial charge in [0.15, 0.2) is 0 Å². The van der Waals surface area contributed by atoms with Crippen LogP contribution in [0.3, 0.4) is 0 Å². The molecule has 0 spiro atoms. The standard InChI is InChI=1S/C15H24BNO4S/c1-14(2)15(3,4)21-16(20-14)13-8-6-7-12(11-13)9-10-22(18,19)17-5/h6-8,11,17H,9-10H2,1-5H3. The Morgan fingerprint density at radius 2 is 1.73 bits per heavy atom. The van der Waals surface area contributed by atoms with Crippen LogP contribution in [-0.2, 0) is 25.8 Å². The van der Waals surface area contributed by atoms with E-state index >= 15 is 0 Å². The van der Waals surface area contributed by atoms with E-state index in [1.165, 1.54) is 7.05 Å². The van der Waals surface area contributed by atoms with Crippen LogP contribution < -0.4 is 10.2 Å². The van der Waals surface area contributed by atoms with Gasteiger partial charge in [0.25, 0.3) is 0 Å². The molecule has 1 aromatic rings. The molecule has 1 aliphatic heterocycles. The molecule has 122 valence electrons. The third kappa shape index (κ3) is 3.71. The molecule has 5 nitrogen and oxygen atoms in total. The highest BCUT2D eigenvalue weighted by atomic mass is 32.2. The summed E-state index contributed by atoms with van der Waals surface area (Å²) in [6, 6.07) is 7.72. The van der Waals surface area contributed by atoms with Gasteiger partial charge in [-0.15, -0.1) is 0 Å². The van der Waals surface area contributed by atoms with Crippen LogP contribution in [0.1, 0.15) is 33.3 Å². The van der Waals surface area contributed by atoms with Crippen LogP contribution in [0, 0.1) is 0 Å². The number of hydrogen-bond donors (Lipinski definition) is 1. The Balaban J connectivity index is 2.13. The molecule has 1 aliphatic rings. The average Bonchev–Trinajstić information content (AvgIpc) is 2.66. The molecule has 0 atom stereocenters. The smallest absolute Gasteiger partial charge is 0.399 e. The number of rotatable bonds is 5. The Morgan fingerprint density at radius 1 is 1.14 bits per heavy atom. The molecule has 7 heteroatoms. The summed E-state index contributed by atoms with van der Waals surface area (Å²) < 4.78 is 37.4. The summed E-state index contributed by atoms with van der Waals surface area (Å²) in [7, 11) is -2.20. The van der Waals surface area contributed by atoms with Gasteiger partial charge < -0.3 is 9.31 Å². The van der Waals surface area contributed by atoms with E-state index < -0.39 is 17.1 Å². The zero-order valence-corrected chi connectivity index (χ0v) is 14.7. The van der Waals surface area contributed by atoms with Crippen molar-refractivity contribution < 1.29 is 17.7 Å². The van der Waals surface area contributed by atoms with Gasteiger partial charge in [0.2, 0.25) is 10.0 Å². The molecule has 2 rings (SSSR count). The third-order valence-corrected chi connectivity index (χ3v) is 5.81. The highest BCUT2D eigenvalue weighted by Gasteiger charge is 2.51. The second kappa shape index (κ2) is 5.96. The van der Waals surface area contributed by atoms with Crippen LogP contribution >= 0.6 is 0 Å². The van der Waals surface area contributed by atoms with Gasteiger partial charge in [-0.25, -0.2) is 13.1 Å². The topological polar surface area (TPSA) is 64.6 Å². The van der Waals surface area contributed by atoms with Gasteiger partial charge in [-0.05, 0) is 52.2 Å². The molecule has 0 unspecified atom stereocenters. The van der Waals surface area contributed by atoms with Gasteiger partial charge in [0, 0.05) is 0 Å². The minimum atomic E-state index is -3.20. The molecular formula is C15H24BNO4S. The van der Waals surface area contributed by atoms with E-state index in [1.54, 1.807) is 0 Å². The zero-order valence-electron chi connectivity index (χ0n) is 13.8. The molecule has 22 heavy (non-hydrogen) atoms. The Labute approximate surface area is 133 Å².